The van der Waals surface area contributed by atoms with E-state index >= 15 is 0 Å². The predicted molar refractivity (Wildman–Crippen MR) is 122 cm³/mol. The fourth-order valence-electron chi connectivity index (χ4n) is 3.27. The van der Waals surface area contributed by atoms with Crippen LogP contribution in [-0.4, -0.2) is 31.9 Å². The second-order valence-electron chi connectivity index (χ2n) is 7.25. The van der Waals surface area contributed by atoms with Crippen molar-refractivity contribution in [2.75, 3.05) is 5.75 Å². The van der Waals surface area contributed by atoms with Crippen molar-refractivity contribution in [3.05, 3.63) is 101 Å². The highest BCUT2D eigenvalue weighted by atomic mass is 32.2. The maximum atomic E-state index is 12.8. The Balaban J connectivity index is 1.48. The van der Waals surface area contributed by atoms with Gasteiger partial charge in [-0.3, -0.25) is 4.79 Å². The third kappa shape index (κ3) is 5.00. The van der Waals surface area contributed by atoms with Gasteiger partial charge in [-0.1, -0.05) is 78.5 Å². The number of hydrogen-bond acceptors (Lipinski definition) is 5. The number of amides is 1. The van der Waals surface area contributed by atoms with Crippen LogP contribution in [0.25, 0.3) is 5.69 Å². The van der Waals surface area contributed by atoms with E-state index in [1.165, 1.54) is 17.3 Å². The number of aromatic nitrogens is 4. The van der Waals surface area contributed by atoms with Crippen molar-refractivity contribution in [1.29, 1.82) is 0 Å². The Bertz CT molecular complexity index is 1120. The summed E-state index contributed by atoms with van der Waals surface area (Å²) in [4.78, 5) is 12.8. The molecule has 0 aliphatic rings. The van der Waals surface area contributed by atoms with Crippen molar-refractivity contribution in [3.63, 3.8) is 0 Å². The first-order valence-corrected chi connectivity index (χ1v) is 11.0. The molecular weight excluding hydrogens is 406 g/mol. The van der Waals surface area contributed by atoms with Crippen molar-refractivity contribution in [1.82, 2.24) is 25.5 Å². The third-order valence-corrected chi connectivity index (χ3v) is 6.00. The molecule has 0 spiro atoms. The van der Waals surface area contributed by atoms with E-state index in [1.54, 1.807) is 4.68 Å². The maximum absolute atomic E-state index is 12.8. The fraction of sp³-hybridized carbons (Fsp3) is 0.167. The molecule has 0 fully saturated rings. The maximum Gasteiger partial charge on any atom is 0.231 e. The lowest BCUT2D eigenvalue weighted by atomic mass is 9.99. The summed E-state index contributed by atoms with van der Waals surface area (Å²) in [5.74, 6) is 0.124. The van der Waals surface area contributed by atoms with Gasteiger partial charge >= 0.3 is 0 Å². The van der Waals surface area contributed by atoms with Crippen molar-refractivity contribution in [2.24, 2.45) is 0 Å². The van der Waals surface area contributed by atoms with Crippen LogP contribution >= 0.6 is 11.8 Å². The fourth-order valence-corrected chi connectivity index (χ4v) is 3.97. The van der Waals surface area contributed by atoms with Crippen LogP contribution in [0, 0.1) is 13.8 Å². The molecule has 156 valence electrons. The van der Waals surface area contributed by atoms with Crippen LogP contribution in [0.4, 0.5) is 0 Å². The number of thioether (sulfide) groups is 1. The van der Waals surface area contributed by atoms with Gasteiger partial charge in [0.1, 0.15) is 0 Å². The summed E-state index contributed by atoms with van der Waals surface area (Å²) in [6.45, 7) is 4.12. The van der Waals surface area contributed by atoms with Gasteiger partial charge in [-0.05, 0) is 58.7 Å². The Kier molecular flexibility index (Phi) is 6.43. The molecule has 1 heterocycles. The van der Waals surface area contributed by atoms with E-state index in [2.05, 4.69) is 34.7 Å². The first kappa shape index (κ1) is 20.8. The zero-order chi connectivity index (χ0) is 21.6. The number of nitrogens with one attached hydrogen (secondary N) is 1. The van der Waals surface area contributed by atoms with Gasteiger partial charge in [-0.15, -0.1) is 5.10 Å². The zero-order valence-electron chi connectivity index (χ0n) is 17.4. The molecule has 31 heavy (non-hydrogen) atoms. The SMILES string of the molecule is Cc1ccc(-n2nnnc2SCC(=O)NC(c2ccccc2)c2ccccc2)cc1C. The Hall–Kier alpha value is -3.45. The third-order valence-electron chi connectivity index (χ3n) is 5.08. The van der Waals surface area contributed by atoms with Crippen molar-refractivity contribution in [3.8, 4) is 5.69 Å². The van der Waals surface area contributed by atoms with Crippen LogP contribution in [0.5, 0.6) is 0 Å². The highest BCUT2D eigenvalue weighted by Crippen LogP contribution is 2.23. The quantitative estimate of drug-likeness (QED) is 0.444. The molecule has 0 unspecified atom stereocenters. The van der Waals surface area contributed by atoms with E-state index in [-0.39, 0.29) is 17.7 Å². The summed E-state index contributed by atoms with van der Waals surface area (Å²) in [5, 5.41) is 15.7. The van der Waals surface area contributed by atoms with Gasteiger partial charge in [-0.25, -0.2) is 0 Å². The summed E-state index contributed by atoms with van der Waals surface area (Å²) in [7, 11) is 0. The molecule has 3 aromatic carbocycles. The standard InChI is InChI=1S/C24H23N5OS/c1-17-13-14-21(15-18(17)2)29-24(26-27-28-29)31-16-22(30)25-23(19-9-5-3-6-10-19)20-11-7-4-8-12-20/h3-15,23H,16H2,1-2H3,(H,25,30). The Morgan fingerprint density at radius 2 is 1.58 bits per heavy atom. The molecule has 6 nitrogen and oxygen atoms in total. The Labute approximate surface area is 185 Å². The van der Waals surface area contributed by atoms with Crippen LogP contribution < -0.4 is 5.32 Å². The van der Waals surface area contributed by atoms with E-state index in [9.17, 15) is 4.79 Å². The smallest absolute Gasteiger partial charge is 0.231 e. The Morgan fingerprint density at radius 1 is 0.935 bits per heavy atom. The monoisotopic (exact) mass is 429 g/mol. The van der Waals surface area contributed by atoms with E-state index in [1.807, 2.05) is 78.9 Å². The summed E-state index contributed by atoms with van der Waals surface area (Å²) >= 11 is 1.31. The summed E-state index contributed by atoms with van der Waals surface area (Å²) < 4.78 is 1.66. The first-order chi connectivity index (χ1) is 15.1. The van der Waals surface area contributed by atoms with Crippen LogP contribution in [0.3, 0.4) is 0 Å². The first-order valence-electron chi connectivity index (χ1n) is 10.00. The minimum absolute atomic E-state index is 0.0858. The minimum atomic E-state index is -0.216. The number of benzene rings is 3. The number of carbonyl (C=O) groups excluding carboxylic acids is 1. The van der Waals surface area contributed by atoms with Crippen LogP contribution in [0.15, 0.2) is 84.0 Å². The predicted octanol–water partition coefficient (Wildman–Crippen LogP) is 4.28. The minimum Gasteiger partial charge on any atom is -0.344 e. The van der Waals surface area contributed by atoms with Crippen LogP contribution in [0.2, 0.25) is 0 Å². The molecule has 0 radical (unpaired) electrons. The summed E-state index contributed by atoms with van der Waals surface area (Å²) in [6.07, 6.45) is 0. The molecule has 0 atom stereocenters. The van der Waals surface area contributed by atoms with E-state index in [4.69, 9.17) is 0 Å². The number of aryl methyl sites for hydroxylation is 2. The molecule has 7 heteroatoms. The van der Waals surface area contributed by atoms with Gasteiger partial charge in [0.25, 0.3) is 0 Å². The van der Waals surface area contributed by atoms with Gasteiger partial charge in [0, 0.05) is 0 Å². The van der Waals surface area contributed by atoms with E-state index in [0.29, 0.717) is 5.16 Å². The second-order valence-corrected chi connectivity index (χ2v) is 8.19. The second kappa shape index (κ2) is 9.57. The average Bonchev–Trinajstić information content (AvgIpc) is 3.28. The highest BCUT2D eigenvalue weighted by Gasteiger charge is 2.18. The molecule has 0 aliphatic heterocycles. The summed E-state index contributed by atoms with van der Waals surface area (Å²) in [5.41, 5.74) is 5.31. The molecular formula is C24H23N5OS. The largest absolute Gasteiger partial charge is 0.344 e. The van der Waals surface area contributed by atoms with Gasteiger partial charge in [0.15, 0.2) is 0 Å². The van der Waals surface area contributed by atoms with E-state index < -0.39 is 0 Å². The molecule has 1 amide bonds. The molecule has 1 aromatic heterocycles. The van der Waals surface area contributed by atoms with Gasteiger partial charge in [0.05, 0.1) is 17.5 Å². The lowest BCUT2D eigenvalue weighted by molar-refractivity contribution is -0.119. The molecule has 0 aliphatic carbocycles. The van der Waals surface area contributed by atoms with Gasteiger partial charge in [-0.2, -0.15) is 4.68 Å². The number of rotatable bonds is 7. The number of tetrazole rings is 1. The zero-order valence-corrected chi connectivity index (χ0v) is 18.2. The van der Waals surface area contributed by atoms with Crippen molar-refractivity contribution >= 4 is 17.7 Å². The molecule has 1 N–H and O–H groups in total. The summed E-state index contributed by atoms with van der Waals surface area (Å²) in [6, 6.07) is 25.8. The van der Waals surface area contributed by atoms with Gasteiger partial charge < -0.3 is 5.32 Å². The molecule has 4 rings (SSSR count). The highest BCUT2D eigenvalue weighted by molar-refractivity contribution is 7.99. The number of hydrogen-bond donors (Lipinski definition) is 1. The van der Waals surface area contributed by atoms with E-state index in [0.717, 1.165) is 22.4 Å². The van der Waals surface area contributed by atoms with Crippen LogP contribution in [-0.2, 0) is 4.79 Å². The van der Waals surface area contributed by atoms with Crippen molar-refractivity contribution in [2.45, 2.75) is 25.0 Å². The lowest BCUT2D eigenvalue weighted by Crippen LogP contribution is -2.30. The van der Waals surface area contributed by atoms with Crippen molar-refractivity contribution < 1.29 is 4.79 Å². The molecule has 0 saturated carbocycles. The number of carbonyl (C=O) groups is 1. The molecule has 0 saturated heterocycles. The average molecular weight is 430 g/mol. The normalized spacial score (nSPS) is 10.9. The Morgan fingerprint density at radius 3 is 2.19 bits per heavy atom. The lowest BCUT2D eigenvalue weighted by Gasteiger charge is -2.19. The van der Waals surface area contributed by atoms with Crippen LogP contribution in [0.1, 0.15) is 28.3 Å². The molecule has 4 aromatic rings. The topological polar surface area (TPSA) is 72.7 Å². The molecule has 0 bridgehead atoms. The number of nitrogens with zero attached hydrogens (tertiary/aromatic N) is 4. The van der Waals surface area contributed by atoms with Gasteiger partial charge in [0.2, 0.25) is 11.1 Å².